The van der Waals surface area contributed by atoms with Gasteiger partial charge in [0, 0.05) is 16.8 Å². The average molecular weight is 349 g/mol. The summed E-state index contributed by atoms with van der Waals surface area (Å²) in [4.78, 5) is 12.6. The van der Waals surface area contributed by atoms with Crippen LogP contribution in [0.5, 0.6) is 0 Å². The lowest BCUT2D eigenvalue weighted by atomic mass is 10.1. The zero-order chi connectivity index (χ0) is 13.4. The van der Waals surface area contributed by atoms with Crippen LogP contribution in [-0.2, 0) is 0 Å². The maximum absolute atomic E-state index is 13.5. The van der Waals surface area contributed by atoms with Gasteiger partial charge in [-0.05, 0) is 41.1 Å². The standard InChI is InChI=1S/C12H8BrClFNOS/c1-5-8(15)2-6(3-9(5)16)11(17)10-4-7(14)12(13)18-10/h2-4H,16H2,1H3. The SMILES string of the molecule is Cc1c(N)cc(C(=O)c2cc(Cl)c(Br)s2)cc1F. The maximum atomic E-state index is 13.5. The Hall–Kier alpha value is -0.910. The molecule has 0 aliphatic rings. The number of ketones is 1. The third-order valence-electron chi connectivity index (χ3n) is 2.52. The van der Waals surface area contributed by atoms with Crippen molar-refractivity contribution < 1.29 is 9.18 Å². The van der Waals surface area contributed by atoms with E-state index in [-0.39, 0.29) is 17.0 Å². The molecule has 1 aromatic heterocycles. The molecule has 2 aromatic rings. The summed E-state index contributed by atoms with van der Waals surface area (Å²) in [5.74, 6) is -0.779. The van der Waals surface area contributed by atoms with Crippen molar-refractivity contribution in [2.24, 2.45) is 0 Å². The third kappa shape index (κ3) is 2.43. The summed E-state index contributed by atoms with van der Waals surface area (Å²) in [5, 5.41) is 0.462. The Balaban J connectivity index is 2.46. The lowest BCUT2D eigenvalue weighted by Gasteiger charge is -2.05. The van der Waals surface area contributed by atoms with Gasteiger partial charge in [-0.15, -0.1) is 11.3 Å². The average Bonchev–Trinajstić information content (AvgIpc) is 2.65. The molecule has 0 saturated carbocycles. The second kappa shape index (κ2) is 4.99. The van der Waals surface area contributed by atoms with E-state index in [9.17, 15) is 9.18 Å². The zero-order valence-corrected chi connectivity index (χ0v) is 12.4. The molecule has 2 nitrogen and oxygen atoms in total. The van der Waals surface area contributed by atoms with Crippen molar-refractivity contribution >= 4 is 50.3 Å². The van der Waals surface area contributed by atoms with Gasteiger partial charge in [-0.2, -0.15) is 0 Å². The van der Waals surface area contributed by atoms with Crippen molar-refractivity contribution in [2.45, 2.75) is 6.92 Å². The first kappa shape index (κ1) is 13.5. The van der Waals surface area contributed by atoms with Gasteiger partial charge in [0.1, 0.15) is 5.82 Å². The molecular weight excluding hydrogens is 341 g/mol. The number of nitrogen functional groups attached to an aromatic ring is 1. The highest BCUT2D eigenvalue weighted by Gasteiger charge is 2.16. The first-order valence-corrected chi connectivity index (χ1v) is 6.94. The molecule has 18 heavy (non-hydrogen) atoms. The monoisotopic (exact) mass is 347 g/mol. The number of thiophene rings is 1. The van der Waals surface area contributed by atoms with Crippen LogP contribution >= 0.6 is 38.9 Å². The van der Waals surface area contributed by atoms with Gasteiger partial charge in [-0.3, -0.25) is 4.79 Å². The van der Waals surface area contributed by atoms with Crippen LogP contribution in [0.25, 0.3) is 0 Å². The molecule has 2 rings (SSSR count). The van der Waals surface area contributed by atoms with Crippen molar-refractivity contribution in [1.82, 2.24) is 0 Å². The highest BCUT2D eigenvalue weighted by molar-refractivity contribution is 9.11. The van der Waals surface area contributed by atoms with Crippen molar-refractivity contribution in [3.8, 4) is 0 Å². The number of hydrogen-bond acceptors (Lipinski definition) is 3. The van der Waals surface area contributed by atoms with Crippen molar-refractivity contribution in [2.75, 3.05) is 5.73 Å². The summed E-state index contributed by atoms with van der Waals surface area (Å²) in [5.41, 5.74) is 6.48. The predicted octanol–water partition coefficient (Wildman–Crippen LogP) is 4.42. The Bertz CT molecular complexity index is 598. The molecule has 0 saturated heterocycles. The van der Waals surface area contributed by atoms with E-state index in [1.54, 1.807) is 13.0 Å². The summed E-state index contributed by atoms with van der Waals surface area (Å²) < 4.78 is 14.2. The number of benzene rings is 1. The van der Waals surface area contributed by atoms with Crippen LogP contribution in [0.4, 0.5) is 10.1 Å². The molecule has 0 fully saturated rings. The van der Waals surface area contributed by atoms with Crippen LogP contribution in [0, 0.1) is 12.7 Å². The Morgan fingerprint density at radius 2 is 2.11 bits per heavy atom. The van der Waals surface area contributed by atoms with E-state index >= 15 is 0 Å². The highest BCUT2D eigenvalue weighted by atomic mass is 79.9. The van der Waals surface area contributed by atoms with Crippen molar-refractivity contribution in [3.05, 3.63) is 48.8 Å². The number of carbonyl (C=O) groups excluding carboxylic acids is 1. The Labute approximate surface area is 121 Å². The lowest BCUT2D eigenvalue weighted by molar-refractivity contribution is 0.104. The van der Waals surface area contributed by atoms with E-state index in [4.69, 9.17) is 17.3 Å². The molecule has 6 heteroatoms. The van der Waals surface area contributed by atoms with Crippen LogP contribution in [0.1, 0.15) is 20.8 Å². The van der Waals surface area contributed by atoms with E-state index in [1.165, 1.54) is 23.5 Å². The Kier molecular flexibility index (Phi) is 3.75. The van der Waals surface area contributed by atoms with Crippen molar-refractivity contribution in [1.29, 1.82) is 0 Å². The predicted molar refractivity (Wildman–Crippen MR) is 76.0 cm³/mol. The highest BCUT2D eigenvalue weighted by Crippen LogP contribution is 2.33. The molecule has 2 N–H and O–H groups in total. The van der Waals surface area contributed by atoms with Gasteiger partial charge in [0.05, 0.1) is 13.7 Å². The fourth-order valence-electron chi connectivity index (χ4n) is 1.43. The van der Waals surface area contributed by atoms with Gasteiger partial charge in [0.25, 0.3) is 0 Å². The molecule has 1 heterocycles. The fraction of sp³-hybridized carbons (Fsp3) is 0.0833. The lowest BCUT2D eigenvalue weighted by Crippen LogP contribution is -2.03. The molecule has 0 bridgehead atoms. The van der Waals surface area contributed by atoms with Gasteiger partial charge in [0.2, 0.25) is 5.78 Å². The summed E-state index contributed by atoms with van der Waals surface area (Å²) in [7, 11) is 0. The van der Waals surface area contributed by atoms with Gasteiger partial charge in [-0.25, -0.2) is 4.39 Å². The van der Waals surface area contributed by atoms with E-state index in [2.05, 4.69) is 15.9 Å². The molecule has 0 atom stereocenters. The summed E-state index contributed by atoms with van der Waals surface area (Å²) >= 11 is 10.3. The molecule has 0 unspecified atom stereocenters. The number of rotatable bonds is 2. The van der Waals surface area contributed by atoms with Crippen LogP contribution in [0.2, 0.25) is 5.02 Å². The van der Waals surface area contributed by atoms with Crippen LogP contribution in [0.15, 0.2) is 22.0 Å². The number of anilines is 1. The molecule has 0 radical (unpaired) electrons. The number of hydrogen-bond donors (Lipinski definition) is 1. The molecule has 0 amide bonds. The minimum Gasteiger partial charge on any atom is -0.398 e. The van der Waals surface area contributed by atoms with Gasteiger partial charge in [0.15, 0.2) is 0 Å². The largest absolute Gasteiger partial charge is 0.398 e. The smallest absolute Gasteiger partial charge is 0.203 e. The topological polar surface area (TPSA) is 43.1 Å². The van der Waals surface area contributed by atoms with Gasteiger partial charge < -0.3 is 5.73 Å². The Morgan fingerprint density at radius 1 is 1.44 bits per heavy atom. The number of halogens is 3. The molecular formula is C12H8BrClFNOS. The van der Waals surface area contributed by atoms with E-state index in [1.807, 2.05) is 0 Å². The van der Waals surface area contributed by atoms with Gasteiger partial charge in [-0.1, -0.05) is 11.6 Å². The summed E-state index contributed by atoms with van der Waals surface area (Å²) in [6.07, 6.45) is 0. The van der Waals surface area contributed by atoms with Crippen LogP contribution in [0.3, 0.4) is 0 Å². The summed E-state index contributed by atoms with van der Waals surface area (Å²) in [6, 6.07) is 4.21. The normalized spacial score (nSPS) is 10.7. The number of carbonyl (C=O) groups is 1. The number of nitrogens with two attached hydrogens (primary N) is 1. The molecule has 0 aliphatic heterocycles. The van der Waals surface area contributed by atoms with E-state index < -0.39 is 5.82 Å². The summed E-state index contributed by atoms with van der Waals surface area (Å²) in [6.45, 7) is 1.57. The van der Waals surface area contributed by atoms with Crippen LogP contribution in [-0.4, -0.2) is 5.78 Å². The van der Waals surface area contributed by atoms with E-state index in [0.29, 0.717) is 19.2 Å². The van der Waals surface area contributed by atoms with Gasteiger partial charge >= 0.3 is 0 Å². The van der Waals surface area contributed by atoms with Crippen LogP contribution < -0.4 is 5.73 Å². The first-order valence-electron chi connectivity index (χ1n) is 4.95. The Morgan fingerprint density at radius 3 is 2.61 bits per heavy atom. The third-order valence-corrected chi connectivity index (χ3v) is 4.99. The molecule has 0 aliphatic carbocycles. The zero-order valence-electron chi connectivity index (χ0n) is 9.26. The van der Waals surface area contributed by atoms with Crippen molar-refractivity contribution in [3.63, 3.8) is 0 Å². The minimum atomic E-state index is -0.486. The quantitative estimate of drug-likeness (QED) is 0.644. The minimum absolute atomic E-state index is 0.223. The fourth-order valence-corrected chi connectivity index (χ4v) is 3.10. The second-order valence-corrected chi connectivity index (χ2v) is 6.51. The molecule has 94 valence electrons. The first-order chi connectivity index (χ1) is 8.40. The van der Waals surface area contributed by atoms with E-state index in [0.717, 1.165) is 0 Å². The second-order valence-electron chi connectivity index (χ2n) is 3.73. The molecule has 0 spiro atoms. The maximum Gasteiger partial charge on any atom is 0.203 e. The molecule has 1 aromatic carbocycles.